The summed E-state index contributed by atoms with van der Waals surface area (Å²) in [5, 5.41) is 2.75. The normalized spacial score (nSPS) is 10.8. The van der Waals surface area contributed by atoms with Crippen LogP contribution in [0.1, 0.15) is 23.4 Å². The van der Waals surface area contributed by atoms with Crippen LogP contribution in [0.25, 0.3) is 11.1 Å². The second-order valence-corrected chi connectivity index (χ2v) is 4.08. The SMILES string of the molecule is CCc1nc2cc(NC(=O)c3ccco3)ccc2o1. The van der Waals surface area contributed by atoms with Crippen molar-refractivity contribution in [1.29, 1.82) is 0 Å². The van der Waals surface area contributed by atoms with Crippen LogP contribution in [-0.4, -0.2) is 10.9 Å². The van der Waals surface area contributed by atoms with E-state index in [1.807, 2.05) is 6.92 Å². The number of furan rings is 1. The minimum absolute atomic E-state index is 0.273. The van der Waals surface area contributed by atoms with E-state index in [9.17, 15) is 4.79 Å². The molecule has 0 spiro atoms. The second-order valence-electron chi connectivity index (χ2n) is 4.08. The van der Waals surface area contributed by atoms with Crippen molar-refractivity contribution in [2.24, 2.45) is 0 Å². The Hall–Kier alpha value is -2.56. The zero-order valence-corrected chi connectivity index (χ0v) is 10.3. The van der Waals surface area contributed by atoms with Crippen molar-refractivity contribution >= 4 is 22.7 Å². The molecule has 0 saturated heterocycles. The molecule has 5 heteroatoms. The molecule has 0 aliphatic heterocycles. The summed E-state index contributed by atoms with van der Waals surface area (Å²) in [5.74, 6) is 0.669. The Morgan fingerprint density at radius 3 is 3.00 bits per heavy atom. The smallest absolute Gasteiger partial charge is 0.291 e. The van der Waals surface area contributed by atoms with Gasteiger partial charge in [0.25, 0.3) is 5.91 Å². The molecule has 1 aromatic carbocycles. The maximum atomic E-state index is 11.8. The Bertz CT molecular complexity index is 713. The van der Waals surface area contributed by atoms with Gasteiger partial charge in [0.1, 0.15) is 5.52 Å². The molecule has 96 valence electrons. The molecule has 3 rings (SSSR count). The van der Waals surface area contributed by atoms with Crippen molar-refractivity contribution in [1.82, 2.24) is 4.98 Å². The third-order valence-electron chi connectivity index (χ3n) is 2.74. The molecular formula is C14H12N2O3. The van der Waals surface area contributed by atoms with Crippen molar-refractivity contribution in [3.63, 3.8) is 0 Å². The number of carbonyl (C=O) groups is 1. The van der Waals surface area contributed by atoms with Gasteiger partial charge in [0, 0.05) is 12.1 Å². The van der Waals surface area contributed by atoms with Gasteiger partial charge in [0.15, 0.2) is 17.2 Å². The number of hydrogen-bond acceptors (Lipinski definition) is 4. The summed E-state index contributed by atoms with van der Waals surface area (Å²) in [7, 11) is 0. The molecule has 3 aromatic rings. The molecule has 0 aliphatic carbocycles. The number of aromatic nitrogens is 1. The van der Waals surface area contributed by atoms with Crippen molar-refractivity contribution in [2.75, 3.05) is 5.32 Å². The number of nitrogens with zero attached hydrogens (tertiary/aromatic N) is 1. The monoisotopic (exact) mass is 256 g/mol. The van der Waals surface area contributed by atoms with Gasteiger partial charge in [-0.1, -0.05) is 6.92 Å². The molecule has 0 atom stereocenters. The molecule has 0 radical (unpaired) electrons. The predicted octanol–water partition coefficient (Wildman–Crippen LogP) is 3.24. The highest BCUT2D eigenvalue weighted by atomic mass is 16.3. The molecule has 0 unspecified atom stereocenters. The molecular weight excluding hydrogens is 244 g/mol. The van der Waals surface area contributed by atoms with E-state index in [1.165, 1.54) is 6.26 Å². The van der Waals surface area contributed by atoms with E-state index >= 15 is 0 Å². The molecule has 5 nitrogen and oxygen atoms in total. The fourth-order valence-electron chi connectivity index (χ4n) is 1.80. The number of benzene rings is 1. The van der Waals surface area contributed by atoms with Crippen LogP contribution in [-0.2, 0) is 6.42 Å². The van der Waals surface area contributed by atoms with Crippen LogP contribution in [0.2, 0.25) is 0 Å². The number of rotatable bonds is 3. The molecule has 1 N–H and O–H groups in total. The van der Waals surface area contributed by atoms with E-state index < -0.39 is 0 Å². The van der Waals surface area contributed by atoms with Gasteiger partial charge >= 0.3 is 0 Å². The molecule has 0 saturated carbocycles. The Labute approximate surface area is 109 Å². The largest absolute Gasteiger partial charge is 0.459 e. The van der Waals surface area contributed by atoms with E-state index in [1.54, 1.807) is 30.3 Å². The van der Waals surface area contributed by atoms with Gasteiger partial charge in [0.2, 0.25) is 0 Å². The molecule has 0 fully saturated rings. The second kappa shape index (κ2) is 4.61. The number of oxazole rings is 1. The van der Waals surface area contributed by atoms with Gasteiger partial charge in [-0.15, -0.1) is 0 Å². The Morgan fingerprint density at radius 1 is 1.37 bits per heavy atom. The maximum Gasteiger partial charge on any atom is 0.291 e. The molecule has 0 bridgehead atoms. The van der Waals surface area contributed by atoms with Crippen molar-refractivity contribution in [2.45, 2.75) is 13.3 Å². The average molecular weight is 256 g/mol. The first-order valence-corrected chi connectivity index (χ1v) is 6.00. The van der Waals surface area contributed by atoms with Crippen molar-refractivity contribution in [3.05, 3.63) is 48.2 Å². The van der Waals surface area contributed by atoms with Gasteiger partial charge in [-0.25, -0.2) is 4.98 Å². The van der Waals surface area contributed by atoms with Crippen LogP contribution in [0, 0.1) is 0 Å². The maximum absolute atomic E-state index is 11.8. The van der Waals surface area contributed by atoms with Crippen LogP contribution in [0.5, 0.6) is 0 Å². The van der Waals surface area contributed by atoms with Gasteiger partial charge < -0.3 is 14.2 Å². The van der Waals surface area contributed by atoms with E-state index in [0.29, 0.717) is 17.2 Å². The summed E-state index contributed by atoms with van der Waals surface area (Å²) >= 11 is 0. The lowest BCUT2D eigenvalue weighted by Crippen LogP contribution is -2.10. The Morgan fingerprint density at radius 2 is 2.26 bits per heavy atom. The number of fused-ring (bicyclic) bond motifs is 1. The quantitative estimate of drug-likeness (QED) is 0.781. The summed E-state index contributed by atoms with van der Waals surface area (Å²) in [6.45, 7) is 1.98. The highest BCUT2D eigenvalue weighted by molar-refractivity contribution is 6.02. The van der Waals surface area contributed by atoms with Gasteiger partial charge in [-0.2, -0.15) is 0 Å². The minimum Gasteiger partial charge on any atom is -0.459 e. The Balaban J connectivity index is 1.87. The van der Waals surface area contributed by atoms with Crippen molar-refractivity contribution in [3.8, 4) is 0 Å². The van der Waals surface area contributed by atoms with Gasteiger partial charge in [0.05, 0.1) is 6.26 Å². The van der Waals surface area contributed by atoms with Crippen LogP contribution in [0.3, 0.4) is 0 Å². The van der Waals surface area contributed by atoms with Crippen LogP contribution < -0.4 is 5.32 Å². The molecule has 19 heavy (non-hydrogen) atoms. The number of nitrogens with one attached hydrogen (secondary N) is 1. The molecule has 0 aliphatic rings. The summed E-state index contributed by atoms with van der Waals surface area (Å²) in [5.41, 5.74) is 2.10. The van der Waals surface area contributed by atoms with E-state index in [2.05, 4.69) is 10.3 Å². The Kier molecular flexibility index (Phi) is 2.79. The van der Waals surface area contributed by atoms with Crippen LogP contribution >= 0.6 is 0 Å². The highest BCUT2D eigenvalue weighted by Gasteiger charge is 2.10. The van der Waals surface area contributed by atoms with E-state index in [-0.39, 0.29) is 11.7 Å². The summed E-state index contributed by atoms with van der Waals surface area (Å²) in [4.78, 5) is 16.1. The zero-order valence-electron chi connectivity index (χ0n) is 10.3. The number of aryl methyl sites for hydroxylation is 1. The predicted molar refractivity (Wildman–Crippen MR) is 70.0 cm³/mol. The van der Waals surface area contributed by atoms with Gasteiger partial charge in [-0.3, -0.25) is 4.79 Å². The average Bonchev–Trinajstić information content (AvgIpc) is 3.07. The van der Waals surface area contributed by atoms with E-state index in [0.717, 1.165) is 11.9 Å². The summed E-state index contributed by atoms with van der Waals surface area (Å²) < 4.78 is 10.5. The molecule has 2 aromatic heterocycles. The lowest BCUT2D eigenvalue weighted by Gasteiger charge is -2.01. The number of amides is 1. The number of carbonyl (C=O) groups excluding carboxylic acids is 1. The third-order valence-corrected chi connectivity index (χ3v) is 2.74. The highest BCUT2D eigenvalue weighted by Crippen LogP contribution is 2.20. The zero-order chi connectivity index (χ0) is 13.2. The first-order chi connectivity index (χ1) is 9.26. The first kappa shape index (κ1) is 11.5. The summed E-state index contributed by atoms with van der Waals surface area (Å²) in [6.07, 6.45) is 2.20. The fraction of sp³-hybridized carbons (Fsp3) is 0.143. The standard InChI is InChI=1S/C14H12N2O3/c1-2-13-16-10-8-9(5-6-11(10)19-13)15-14(17)12-4-3-7-18-12/h3-8H,2H2,1H3,(H,15,17). The molecule has 2 heterocycles. The van der Waals surface area contributed by atoms with E-state index in [4.69, 9.17) is 8.83 Å². The van der Waals surface area contributed by atoms with Gasteiger partial charge in [-0.05, 0) is 30.3 Å². The summed E-state index contributed by atoms with van der Waals surface area (Å²) in [6, 6.07) is 8.62. The molecule has 1 amide bonds. The number of hydrogen-bond donors (Lipinski definition) is 1. The number of anilines is 1. The minimum atomic E-state index is -0.288. The lowest BCUT2D eigenvalue weighted by molar-refractivity contribution is 0.0996. The van der Waals surface area contributed by atoms with Crippen LogP contribution in [0.15, 0.2) is 45.4 Å². The lowest BCUT2D eigenvalue weighted by atomic mass is 10.3. The van der Waals surface area contributed by atoms with Crippen LogP contribution in [0.4, 0.5) is 5.69 Å². The first-order valence-electron chi connectivity index (χ1n) is 6.00. The topological polar surface area (TPSA) is 68.3 Å². The third kappa shape index (κ3) is 2.22. The fourth-order valence-corrected chi connectivity index (χ4v) is 1.80. The van der Waals surface area contributed by atoms with Crippen molar-refractivity contribution < 1.29 is 13.6 Å².